The Bertz CT molecular complexity index is 797. The molecule has 8 nitrogen and oxygen atoms in total. The lowest BCUT2D eigenvalue weighted by Crippen LogP contribution is -2.31. The van der Waals surface area contributed by atoms with E-state index in [0.717, 1.165) is 16.8 Å². The van der Waals surface area contributed by atoms with E-state index in [0.29, 0.717) is 11.5 Å². The van der Waals surface area contributed by atoms with E-state index in [1.54, 1.807) is 21.0 Å². The fourth-order valence-corrected chi connectivity index (χ4v) is 2.64. The molecule has 0 bridgehead atoms. The summed E-state index contributed by atoms with van der Waals surface area (Å²) in [5, 5.41) is 18.2. The lowest BCUT2D eigenvalue weighted by Gasteiger charge is -2.18. The molecule has 24 heavy (non-hydrogen) atoms. The predicted molar refractivity (Wildman–Crippen MR) is 92.4 cm³/mol. The number of benzene rings is 1. The maximum Gasteiger partial charge on any atom is 0.333 e. The van der Waals surface area contributed by atoms with Gasteiger partial charge in [0, 0.05) is 19.8 Å². The maximum atomic E-state index is 12.3. The minimum absolute atomic E-state index is 0.0206. The molecule has 0 atom stereocenters. The largest absolute Gasteiger partial charge is 0.345 e. The van der Waals surface area contributed by atoms with Crippen LogP contribution in [-0.2, 0) is 11.8 Å². The van der Waals surface area contributed by atoms with Crippen LogP contribution in [0.2, 0.25) is 0 Å². The lowest BCUT2D eigenvalue weighted by molar-refractivity contribution is -0.384. The number of carbonyl (C=O) groups excluding carboxylic acids is 1. The van der Waals surface area contributed by atoms with E-state index in [1.165, 1.54) is 9.58 Å². The van der Waals surface area contributed by atoms with Crippen LogP contribution in [0.4, 0.5) is 17.2 Å². The van der Waals surface area contributed by atoms with Gasteiger partial charge >= 0.3 is 5.69 Å². The number of carbonyl (C=O) groups is 1. The molecule has 2 aromatic rings. The second-order valence-electron chi connectivity index (χ2n) is 5.79. The first-order valence-corrected chi connectivity index (χ1v) is 7.47. The van der Waals surface area contributed by atoms with Gasteiger partial charge in [0.05, 0.1) is 11.5 Å². The average Bonchev–Trinajstić information content (AvgIpc) is 2.78. The van der Waals surface area contributed by atoms with Crippen molar-refractivity contribution in [3.8, 4) is 0 Å². The van der Waals surface area contributed by atoms with Crippen molar-refractivity contribution in [1.29, 1.82) is 0 Å². The zero-order valence-electron chi connectivity index (χ0n) is 14.5. The van der Waals surface area contributed by atoms with Crippen molar-refractivity contribution in [1.82, 2.24) is 9.78 Å². The van der Waals surface area contributed by atoms with Crippen molar-refractivity contribution >= 4 is 23.1 Å². The quantitative estimate of drug-likeness (QED) is 0.670. The summed E-state index contributed by atoms with van der Waals surface area (Å²) in [5.41, 5.74) is 3.05. The molecule has 0 aliphatic rings. The van der Waals surface area contributed by atoms with Crippen molar-refractivity contribution in [2.24, 2.45) is 7.05 Å². The molecule has 0 saturated heterocycles. The average molecular weight is 331 g/mol. The highest BCUT2D eigenvalue weighted by Crippen LogP contribution is 2.30. The fraction of sp³-hybridized carbons (Fsp3) is 0.375. The minimum Gasteiger partial charge on any atom is -0.345 e. The highest BCUT2D eigenvalue weighted by molar-refractivity contribution is 5.95. The second kappa shape index (κ2) is 6.69. The summed E-state index contributed by atoms with van der Waals surface area (Å²) in [6.45, 7) is 5.46. The zero-order chi connectivity index (χ0) is 18.0. The molecule has 8 heteroatoms. The van der Waals surface area contributed by atoms with Gasteiger partial charge < -0.3 is 10.2 Å². The predicted octanol–water partition coefficient (Wildman–Crippen LogP) is 2.33. The van der Waals surface area contributed by atoms with Gasteiger partial charge in [0.15, 0.2) is 0 Å². The first-order chi connectivity index (χ1) is 11.2. The summed E-state index contributed by atoms with van der Waals surface area (Å²) in [6, 6.07) is 5.67. The Morgan fingerprint density at radius 2 is 2.04 bits per heavy atom. The third kappa shape index (κ3) is 3.37. The number of nitrogens with zero attached hydrogens (tertiary/aromatic N) is 4. The number of likely N-dealkylation sites (N-methyl/N-ethyl adjacent to an activating group) is 1. The van der Waals surface area contributed by atoms with Crippen molar-refractivity contribution in [2.75, 3.05) is 23.8 Å². The van der Waals surface area contributed by atoms with Crippen molar-refractivity contribution in [3.63, 3.8) is 0 Å². The SMILES string of the molecule is Cc1cccc(NC(=O)CN(C)c2c([N+](=O)[O-])c(C)nn2C)c1C. The van der Waals surface area contributed by atoms with Gasteiger partial charge in [0.1, 0.15) is 5.69 Å². The molecule has 0 radical (unpaired) electrons. The summed E-state index contributed by atoms with van der Waals surface area (Å²) < 4.78 is 1.42. The molecule has 1 heterocycles. The summed E-state index contributed by atoms with van der Waals surface area (Å²) in [6.07, 6.45) is 0. The smallest absolute Gasteiger partial charge is 0.333 e. The van der Waals surface area contributed by atoms with E-state index < -0.39 is 4.92 Å². The van der Waals surface area contributed by atoms with Crippen LogP contribution in [0, 0.1) is 30.9 Å². The Balaban J connectivity index is 2.18. The normalized spacial score (nSPS) is 10.5. The molecular weight excluding hydrogens is 310 g/mol. The molecule has 1 aromatic heterocycles. The van der Waals surface area contributed by atoms with Crippen molar-refractivity contribution in [3.05, 3.63) is 45.1 Å². The van der Waals surface area contributed by atoms with Crippen LogP contribution in [-0.4, -0.2) is 34.2 Å². The topological polar surface area (TPSA) is 93.3 Å². The van der Waals surface area contributed by atoms with E-state index in [9.17, 15) is 14.9 Å². The Kier molecular flexibility index (Phi) is 4.87. The van der Waals surface area contributed by atoms with E-state index in [2.05, 4.69) is 10.4 Å². The van der Waals surface area contributed by atoms with Gasteiger partial charge in [0.2, 0.25) is 11.7 Å². The molecule has 0 spiro atoms. The molecular formula is C16H21N5O3. The minimum atomic E-state index is -0.475. The summed E-state index contributed by atoms with van der Waals surface area (Å²) in [5.74, 6) is 0.0490. The monoisotopic (exact) mass is 331 g/mol. The summed E-state index contributed by atoms with van der Waals surface area (Å²) in [7, 11) is 3.25. The number of aryl methyl sites for hydroxylation is 3. The Morgan fingerprint density at radius 1 is 1.38 bits per heavy atom. The number of hydrogen-bond donors (Lipinski definition) is 1. The Labute approximate surface area is 140 Å². The van der Waals surface area contributed by atoms with Crippen LogP contribution >= 0.6 is 0 Å². The molecule has 1 N–H and O–H groups in total. The fourth-order valence-electron chi connectivity index (χ4n) is 2.64. The van der Waals surface area contributed by atoms with E-state index >= 15 is 0 Å². The molecule has 1 aromatic carbocycles. The summed E-state index contributed by atoms with van der Waals surface area (Å²) in [4.78, 5) is 24.6. The van der Waals surface area contributed by atoms with Gasteiger partial charge in [-0.05, 0) is 38.0 Å². The van der Waals surface area contributed by atoms with Gasteiger partial charge in [-0.15, -0.1) is 0 Å². The standard InChI is InChI=1S/C16H21N5O3/c1-10-7-6-8-13(11(10)2)17-14(22)9-19(4)16-15(21(23)24)12(3)18-20(16)5/h6-8H,9H2,1-5H3,(H,17,22). The second-order valence-corrected chi connectivity index (χ2v) is 5.79. The number of nitro groups is 1. The van der Waals surface area contributed by atoms with Gasteiger partial charge in [-0.1, -0.05) is 12.1 Å². The van der Waals surface area contributed by atoms with Crippen molar-refractivity contribution in [2.45, 2.75) is 20.8 Å². The number of nitrogens with one attached hydrogen (secondary N) is 1. The first-order valence-electron chi connectivity index (χ1n) is 7.47. The van der Waals surface area contributed by atoms with E-state index in [-0.39, 0.29) is 18.1 Å². The maximum absolute atomic E-state index is 12.3. The van der Waals surface area contributed by atoms with Gasteiger partial charge in [-0.2, -0.15) is 5.10 Å². The Morgan fingerprint density at radius 3 is 2.67 bits per heavy atom. The lowest BCUT2D eigenvalue weighted by atomic mass is 10.1. The number of hydrogen-bond acceptors (Lipinski definition) is 5. The van der Waals surface area contributed by atoms with Crippen LogP contribution in [0.3, 0.4) is 0 Å². The van der Waals surface area contributed by atoms with Crippen LogP contribution in [0.5, 0.6) is 0 Å². The number of anilines is 2. The van der Waals surface area contributed by atoms with Crippen LogP contribution < -0.4 is 10.2 Å². The molecule has 0 saturated carbocycles. The highest BCUT2D eigenvalue weighted by Gasteiger charge is 2.27. The summed E-state index contributed by atoms with van der Waals surface area (Å²) >= 11 is 0. The molecule has 2 rings (SSSR count). The van der Waals surface area contributed by atoms with E-state index in [4.69, 9.17) is 0 Å². The van der Waals surface area contributed by atoms with Gasteiger partial charge in [-0.3, -0.25) is 14.9 Å². The molecule has 0 aliphatic carbocycles. The molecule has 128 valence electrons. The number of amides is 1. The number of rotatable bonds is 5. The van der Waals surface area contributed by atoms with Crippen LogP contribution in [0.15, 0.2) is 18.2 Å². The van der Waals surface area contributed by atoms with Crippen molar-refractivity contribution < 1.29 is 9.72 Å². The first kappa shape index (κ1) is 17.5. The molecule has 0 aliphatic heterocycles. The van der Waals surface area contributed by atoms with Crippen LogP contribution in [0.1, 0.15) is 16.8 Å². The molecule has 1 amide bonds. The highest BCUT2D eigenvalue weighted by atomic mass is 16.6. The Hall–Kier alpha value is -2.90. The van der Waals surface area contributed by atoms with Gasteiger partial charge in [-0.25, -0.2) is 4.68 Å². The third-order valence-corrected chi connectivity index (χ3v) is 3.96. The van der Waals surface area contributed by atoms with Gasteiger partial charge in [0.25, 0.3) is 0 Å². The van der Waals surface area contributed by atoms with E-state index in [1.807, 2.05) is 32.0 Å². The number of aromatic nitrogens is 2. The third-order valence-electron chi connectivity index (χ3n) is 3.96. The molecule has 0 unspecified atom stereocenters. The molecule has 0 fully saturated rings. The zero-order valence-corrected chi connectivity index (χ0v) is 14.5. The van der Waals surface area contributed by atoms with Crippen LogP contribution in [0.25, 0.3) is 0 Å².